The number of benzene rings is 1. The normalized spacial score (nSPS) is 21.1. The lowest BCUT2D eigenvalue weighted by Crippen LogP contribution is -2.34. The summed E-state index contributed by atoms with van der Waals surface area (Å²) in [5, 5.41) is 9.58. The summed E-state index contributed by atoms with van der Waals surface area (Å²) >= 11 is 0. The number of carbonyl (C=O) groups is 1. The first kappa shape index (κ1) is 12.6. The van der Waals surface area contributed by atoms with E-state index in [4.69, 9.17) is 0 Å². The standard InChI is InChI=1S/C16H19FO2/c17-14-10-12-6-2-1-5-11(12)9-13(14)16(15(18)19)7-3-4-8-16/h9-10H,1-8H2,(H,18,19). The molecule has 0 saturated heterocycles. The molecule has 1 aromatic rings. The Kier molecular flexibility index (Phi) is 3.08. The van der Waals surface area contributed by atoms with E-state index in [0.29, 0.717) is 18.4 Å². The number of aryl methyl sites for hydroxylation is 2. The van der Waals surface area contributed by atoms with E-state index in [2.05, 4.69) is 0 Å². The van der Waals surface area contributed by atoms with Crippen LogP contribution in [0.2, 0.25) is 0 Å². The Morgan fingerprint density at radius 1 is 1.05 bits per heavy atom. The quantitative estimate of drug-likeness (QED) is 0.884. The zero-order chi connectivity index (χ0) is 13.5. The van der Waals surface area contributed by atoms with Gasteiger partial charge in [0.1, 0.15) is 5.82 Å². The van der Waals surface area contributed by atoms with Gasteiger partial charge in [0.05, 0.1) is 5.41 Å². The maximum Gasteiger partial charge on any atom is 0.314 e. The Labute approximate surface area is 112 Å². The van der Waals surface area contributed by atoms with E-state index in [1.165, 1.54) is 0 Å². The number of aliphatic carboxylic acids is 1. The molecule has 2 nitrogen and oxygen atoms in total. The molecule has 0 aromatic heterocycles. The van der Waals surface area contributed by atoms with E-state index in [-0.39, 0.29) is 5.82 Å². The summed E-state index contributed by atoms with van der Waals surface area (Å²) in [5.74, 6) is -1.18. The summed E-state index contributed by atoms with van der Waals surface area (Å²) in [5.41, 5.74) is 1.69. The maximum atomic E-state index is 14.4. The summed E-state index contributed by atoms with van der Waals surface area (Å²) in [6.07, 6.45) is 7.00. The van der Waals surface area contributed by atoms with E-state index in [1.807, 2.05) is 6.07 Å². The fraction of sp³-hybridized carbons (Fsp3) is 0.562. The van der Waals surface area contributed by atoms with Crippen molar-refractivity contribution in [2.45, 2.75) is 56.8 Å². The summed E-state index contributed by atoms with van der Waals surface area (Å²) < 4.78 is 14.4. The Morgan fingerprint density at radius 3 is 2.21 bits per heavy atom. The minimum absolute atomic E-state index is 0.315. The predicted octanol–water partition coefficient (Wildman–Crippen LogP) is 3.60. The monoisotopic (exact) mass is 262 g/mol. The van der Waals surface area contributed by atoms with Crippen LogP contribution in [0.25, 0.3) is 0 Å². The van der Waals surface area contributed by atoms with Gasteiger partial charge in [-0.05, 0) is 55.7 Å². The Balaban J connectivity index is 2.11. The zero-order valence-corrected chi connectivity index (χ0v) is 11.0. The molecule has 19 heavy (non-hydrogen) atoms. The van der Waals surface area contributed by atoms with Crippen molar-refractivity contribution in [3.05, 3.63) is 34.6 Å². The van der Waals surface area contributed by atoms with Gasteiger partial charge in [0.2, 0.25) is 0 Å². The Morgan fingerprint density at radius 2 is 1.63 bits per heavy atom. The van der Waals surface area contributed by atoms with Gasteiger partial charge in [-0.1, -0.05) is 18.9 Å². The van der Waals surface area contributed by atoms with E-state index in [0.717, 1.165) is 49.7 Å². The first-order valence-corrected chi connectivity index (χ1v) is 7.19. The van der Waals surface area contributed by atoms with Crippen LogP contribution in [0.5, 0.6) is 0 Å². The zero-order valence-electron chi connectivity index (χ0n) is 11.0. The van der Waals surface area contributed by atoms with Gasteiger partial charge in [-0.15, -0.1) is 0 Å². The highest BCUT2D eigenvalue weighted by Gasteiger charge is 2.45. The average Bonchev–Trinajstić information content (AvgIpc) is 2.88. The van der Waals surface area contributed by atoms with Crippen molar-refractivity contribution in [1.82, 2.24) is 0 Å². The molecular formula is C16H19FO2. The van der Waals surface area contributed by atoms with E-state index in [9.17, 15) is 14.3 Å². The van der Waals surface area contributed by atoms with Crippen LogP contribution in [0.4, 0.5) is 4.39 Å². The van der Waals surface area contributed by atoms with Crippen molar-refractivity contribution in [2.24, 2.45) is 0 Å². The summed E-state index contributed by atoms with van der Waals surface area (Å²) in [7, 11) is 0. The van der Waals surface area contributed by atoms with Gasteiger partial charge in [-0.2, -0.15) is 0 Å². The van der Waals surface area contributed by atoms with Crippen molar-refractivity contribution in [3.63, 3.8) is 0 Å². The largest absolute Gasteiger partial charge is 0.481 e. The lowest BCUT2D eigenvalue weighted by atomic mass is 9.76. The molecule has 1 N–H and O–H groups in total. The molecule has 0 heterocycles. The second-order valence-electron chi connectivity index (χ2n) is 5.90. The summed E-state index contributed by atoms with van der Waals surface area (Å²) in [6, 6.07) is 3.44. The van der Waals surface area contributed by atoms with Crippen LogP contribution in [0.1, 0.15) is 55.2 Å². The molecule has 0 unspecified atom stereocenters. The number of hydrogen-bond donors (Lipinski definition) is 1. The fourth-order valence-corrected chi connectivity index (χ4v) is 3.70. The van der Waals surface area contributed by atoms with Gasteiger partial charge in [-0.3, -0.25) is 4.79 Å². The Bertz CT molecular complexity index is 516. The summed E-state index contributed by atoms with van der Waals surface area (Å²) in [6.45, 7) is 0. The second-order valence-corrected chi connectivity index (χ2v) is 5.90. The van der Waals surface area contributed by atoms with Crippen LogP contribution < -0.4 is 0 Å². The Hall–Kier alpha value is -1.38. The third-order valence-electron chi connectivity index (χ3n) is 4.81. The van der Waals surface area contributed by atoms with Crippen molar-refractivity contribution >= 4 is 5.97 Å². The molecule has 1 fully saturated rings. The van der Waals surface area contributed by atoms with Crippen molar-refractivity contribution in [3.8, 4) is 0 Å². The molecule has 2 aliphatic carbocycles. The number of fused-ring (bicyclic) bond motifs is 1. The van der Waals surface area contributed by atoms with Gasteiger partial charge in [-0.25, -0.2) is 4.39 Å². The predicted molar refractivity (Wildman–Crippen MR) is 70.8 cm³/mol. The molecule has 3 heteroatoms. The smallest absolute Gasteiger partial charge is 0.314 e. The van der Waals surface area contributed by atoms with Crippen LogP contribution in [0.3, 0.4) is 0 Å². The minimum atomic E-state index is -0.976. The lowest BCUT2D eigenvalue weighted by Gasteiger charge is -2.27. The number of rotatable bonds is 2. The lowest BCUT2D eigenvalue weighted by molar-refractivity contribution is -0.143. The van der Waals surface area contributed by atoms with Crippen LogP contribution in [-0.4, -0.2) is 11.1 Å². The second kappa shape index (κ2) is 4.62. The number of carboxylic acids is 1. The van der Waals surface area contributed by atoms with Crippen LogP contribution in [-0.2, 0) is 23.1 Å². The molecule has 0 spiro atoms. The number of hydrogen-bond acceptors (Lipinski definition) is 1. The van der Waals surface area contributed by atoms with Crippen molar-refractivity contribution in [1.29, 1.82) is 0 Å². The van der Waals surface area contributed by atoms with Gasteiger partial charge >= 0.3 is 5.97 Å². The highest BCUT2D eigenvalue weighted by Crippen LogP contribution is 2.43. The van der Waals surface area contributed by atoms with Gasteiger partial charge in [0, 0.05) is 5.56 Å². The van der Waals surface area contributed by atoms with Crippen molar-refractivity contribution in [2.75, 3.05) is 0 Å². The molecule has 0 radical (unpaired) electrons. The third kappa shape index (κ3) is 1.96. The van der Waals surface area contributed by atoms with Crippen LogP contribution in [0, 0.1) is 5.82 Å². The molecule has 1 saturated carbocycles. The van der Waals surface area contributed by atoms with Crippen LogP contribution in [0.15, 0.2) is 12.1 Å². The molecule has 3 rings (SSSR count). The first-order valence-electron chi connectivity index (χ1n) is 7.19. The SMILES string of the molecule is O=C(O)C1(c2cc3c(cc2F)CCCC3)CCCC1. The molecular weight excluding hydrogens is 243 g/mol. The van der Waals surface area contributed by atoms with Gasteiger partial charge < -0.3 is 5.11 Å². The molecule has 102 valence electrons. The molecule has 0 aliphatic heterocycles. The molecule has 1 aromatic carbocycles. The average molecular weight is 262 g/mol. The number of carboxylic acid groups (broad SMARTS) is 1. The van der Waals surface area contributed by atoms with E-state index >= 15 is 0 Å². The molecule has 0 bridgehead atoms. The minimum Gasteiger partial charge on any atom is -0.481 e. The van der Waals surface area contributed by atoms with Gasteiger partial charge in [0.15, 0.2) is 0 Å². The van der Waals surface area contributed by atoms with Gasteiger partial charge in [0.25, 0.3) is 0 Å². The molecule has 2 aliphatic rings. The molecule has 0 atom stereocenters. The molecule has 0 amide bonds. The topological polar surface area (TPSA) is 37.3 Å². The van der Waals surface area contributed by atoms with E-state index in [1.54, 1.807) is 6.07 Å². The number of halogens is 1. The van der Waals surface area contributed by atoms with Crippen molar-refractivity contribution < 1.29 is 14.3 Å². The third-order valence-corrected chi connectivity index (χ3v) is 4.81. The first-order chi connectivity index (χ1) is 9.13. The highest BCUT2D eigenvalue weighted by molar-refractivity contribution is 5.82. The maximum absolute atomic E-state index is 14.4. The van der Waals surface area contributed by atoms with E-state index < -0.39 is 11.4 Å². The van der Waals surface area contributed by atoms with Crippen LogP contribution >= 0.6 is 0 Å². The fourth-order valence-electron chi connectivity index (χ4n) is 3.70. The summed E-state index contributed by atoms with van der Waals surface area (Å²) in [4.78, 5) is 11.7. The highest BCUT2D eigenvalue weighted by atomic mass is 19.1.